The van der Waals surface area contributed by atoms with Crippen molar-refractivity contribution in [3.8, 4) is 0 Å². The van der Waals surface area contributed by atoms with Gasteiger partial charge in [0.05, 0.1) is 11.8 Å². The van der Waals surface area contributed by atoms with E-state index in [1.54, 1.807) is 0 Å². The fraction of sp³-hybridized carbons (Fsp3) is 1.00. The second-order valence-electron chi connectivity index (χ2n) is 2.16. The fourth-order valence-electron chi connectivity index (χ4n) is 0.386. The molecule has 0 saturated heterocycles. The molecular weight excluding hydrogens is 375 g/mol. The van der Waals surface area contributed by atoms with Crippen molar-refractivity contribution in [1.29, 1.82) is 0 Å². The number of alkyl halides is 6. The Balaban J connectivity index is 4.51. The van der Waals surface area contributed by atoms with Crippen molar-refractivity contribution in [1.82, 2.24) is 0 Å². The van der Waals surface area contributed by atoms with E-state index in [-0.39, 0.29) is 0 Å². The van der Waals surface area contributed by atoms with E-state index in [1.807, 2.05) is 0 Å². The van der Waals surface area contributed by atoms with Gasteiger partial charge in [-0.25, -0.2) is 4.57 Å². The summed E-state index contributed by atoms with van der Waals surface area (Å²) in [6.45, 7) is -4.19. The molecule has 0 N–H and O–H groups in total. The lowest BCUT2D eigenvalue weighted by atomic mass is 10.8. The van der Waals surface area contributed by atoms with Gasteiger partial charge in [-0.05, 0) is 0 Å². The van der Waals surface area contributed by atoms with E-state index in [1.165, 1.54) is 0 Å². The van der Waals surface area contributed by atoms with Crippen LogP contribution in [0.4, 0.5) is 0 Å². The van der Waals surface area contributed by atoms with Crippen molar-refractivity contribution < 1.29 is 13.6 Å². The SMILES string of the molecule is O=P(Cl)(OC(Cl)(Cl)CCl)OC(Cl)(Cl)CCl. The molecule has 0 aromatic carbocycles. The number of halogens is 7. The lowest BCUT2D eigenvalue weighted by Gasteiger charge is -2.24. The smallest absolute Gasteiger partial charge is 0.258 e. The van der Waals surface area contributed by atoms with Crippen LogP contribution in [0.5, 0.6) is 0 Å². The third kappa shape index (κ3) is 7.99. The zero-order chi connectivity index (χ0) is 12.3. The monoisotopic (exact) mass is 376 g/mol. The summed E-state index contributed by atoms with van der Waals surface area (Å²) in [5.74, 6) is -0.788. The van der Waals surface area contributed by atoms with Crippen LogP contribution in [-0.2, 0) is 13.6 Å². The predicted molar refractivity (Wildman–Crippen MR) is 65.9 cm³/mol. The minimum Gasteiger partial charge on any atom is -0.258 e. The quantitative estimate of drug-likeness (QED) is 0.476. The lowest BCUT2D eigenvalue weighted by molar-refractivity contribution is 0.172. The molecule has 0 bridgehead atoms. The second-order valence-corrected chi connectivity index (χ2v) is 7.99. The van der Waals surface area contributed by atoms with Crippen LogP contribution in [0.3, 0.4) is 0 Å². The Morgan fingerprint density at radius 1 is 0.933 bits per heavy atom. The molecule has 11 heteroatoms. The van der Waals surface area contributed by atoms with Crippen LogP contribution in [0, 0.1) is 0 Å². The summed E-state index contributed by atoms with van der Waals surface area (Å²) in [7, 11) is 0. The largest absolute Gasteiger partial charge is 0.429 e. The van der Waals surface area contributed by atoms with Gasteiger partial charge in [0, 0.05) is 11.2 Å². The Kier molecular flexibility index (Phi) is 7.30. The van der Waals surface area contributed by atoms with E-state index in [0.29, 0.717) is 0 Å². The molecule has 0 saturated carbocycles. The summed E-state index contributed by atoms with van der Waals surface area (Å²) >= 11 is 37.6. The van der Waals surface area contributed by atoms with E-state index in [0.717, 1.165) is 0 Å². The first kappa shape index (κ1) is 17.2. The molecule has 0 amide bonds. The molecule has 15 heavy (non-hydrogen) atoms. The van der Waals surface area contributed by atoms with E-state index in [2.05, 4.69) is 9.05 Å². The van der Waals surface area contributed by atoms with Gasteiger partial charge in [-0.1, -0.05) is 46.4 Å². The molecule has 0 aliphatic heterocycles. The van der Waals surface area contributed by atoms with Crippen molar-refractivity contribution in [2.75, 3.05) is 11.8 Å². The average molecular weight is 379 g/mol. The molecule has 0 unspecified atom stereocenters. The molecule has 0 aromatic rings. The second kappa shape index (κ2) is 6.38. The summed E-state index contributed by atoms with van der Waals surface area (Å²) < 4.78 is 16.4. The van der Waals surface area contributed by atoms with E-state index in [4.69, 9.17) is 80.8 Å². The molecule has 92 valence electrons. The topological polar surface area (TPSA) is 35.5 Å². The van der Waals surface area contributed by atoms with E-state index in [9.17, 15) is 4.57 Å². The maximum atomic E-state index is 11.4. The highest BCUT2D eigenvalue weighted by Crippen LogP contribution is 2.61. The van der Waals surface area contributed by atoms with Crippen LogP contribution in [0.15, 0.2) is 0 Å². The Hall–Kier alpha value is 2.18. The van der Waals surface area contributed by atoms with Crippen LogP contribution in [0.2, 0.25) is 0 Å². The molecule has 0 radical (unpaired) electrons. The van der Waals surface area contributed by atoms with Crippen molar-refractivity contribution in [2.45, 2.75) is 9.04 Å². The van der Waals surface area contributed by atoms with Crippen LogP contribution in [-0.4, -0.2) is 20.8 Å². The first-order chi connectivity index (χ1) is 6.54. The molecule has 3 nitrogen and oxygen atoms in total. The predicted octanol–water partition coefficient (Wildman–Crippen LogP) is 5.11. The maximum absolute atomic E-state index is 11.4. The summed E-state index contributed by atoms with van der Waals surface area (Å²) in [5.41, 5.74) is 0. The first-order valence-corrected chi connectivity index (χ1v) is 8.15. The fourth-order valence-corrected chi connectivity index (χ4v) is 3.67. The highest BCUT2D eigenvalue weighted by Gasteiger charge is 2.41. The van der Waals surface area contributed by atoms with Gasteiger partial charge in [-0.3, -0.25) is 9.05 Å². The highest BCUT2D eigenvalue weighted by atomic mass is 35.7. The number of rotatable bonds is 6. The van der Waals surface area contributed by atoms with Gasteiger partial charge in [0.1, 0.15) is 0 Å². The van der Waals surface area contributed by atoms with Gasteiger partial charge in [0.15, 0.2) is 0 Å². The van der Waals surface area contributed by atoms with Gasteiger partial charge in [0.25, 0.3) is 0 Å². The van der Waals surface area contributed by atoms with Crippen molar-refractivity contribution in [3.63, 3.8) is 0 Å². The van der Waals surface area contributed by atoms with E-state index >= 15 is 0 Å². The summed E-state index contributed by atoms with van der Waals surface area (Å²) in [6.07, 6.45) is 0. The number of hydrogen-bond donors (Lipinski definition) is 0. The molecular formula is C4H4Cl7O3P. The Labute approximate surface area is 121 Å². The molecule has 0 aliphatic rings. The van der Waals surface area contributed by atoms with Crippen LogP contribution in [0.1, 0.15) is 0 Å². The van der Waals surface area contributed by atoms with Gasteiger partial charge >= 0.3 is 6.95 Å². The molecule has 0 rings (SSSR count). The molecule has 0 spiro atoms. The first-order valence-electron chi connectivity index (χ1n) is 3.12. The third-order valence-corrected chi connectivity index (χ3v) is 4.84. The minimum absolute atomic E-state index is 0.394. The van der Waals surface area contributed by atoms with Crippen molar-refractivity contribution in [3.05, 3.63) is 0 Å². The minimum atomic E-state index is -4.19. The van der Waals surface area contributed by atoms with Gasteiger partial charge < -0.3 is 0 Å². The molecule has 0 aromatic heterocycles. The molecule has 0 fully saturated rings. The molecule has 0 heterocycles. The van der Waals surface area contributed by atoms with Crippen LogP contribution >= 0.6 is 87.8 Å². The maximum Gasteiger partial charge on any atom is 0.429 e. The normalized spacial score (nSPS) is 14.3. The van der Waals surface area contributed by atoms with Gasteiger partial charge in [0.2, 0.25) is 9.04 Å². The highest BCUT2D eigenvalue weighted by molar-refractivity contribution is 7.81. The zero-order valence-electron chi connectivity index (χ0n) is 6.73. The third-order valence-electron chi connectivity index (χ3n) is 0.796. The lowest BCUT2D eigenvalue weighted by Crippen LogP contribution is -2.22. The summed E-state index contributed by atoms with van der Waals surface area (Å²) in [6, 6.07) is 0. The van der Waals surface area contributed by atoms with Crippen molar-refractivity contribution in [2.24, 2.45) is 0 Å². The molecule has 0 aliphatic carbocycles. The van der Waals surface area contributed by atoms with Gasteiger partial charge in [-0.2, -0.15) is 0 Å². The number of hydrogen-bond acceptors (Lipinski definition) is 3. The van der Waals surface area contributed by atoms with E-state index < -0.39 is 27.7 Å². The van der Waals surface area contributed by atoms with Crippen LogP contribution in [0.25, 0.3) is 0 Å². The Morgan fingerprint density at radius 3 is 1.40 bits per heavy atom. The van der Waals surface area contributed by atoms with Crippen molar-refractivity contribution >= 4 is 87.8 Å². The molecule has 0 atom stereocenters. The standard InChI is InChI=1S/C4H4Cl7O3P/c5-1-3(7,8)13-15(11,12)14-4(9,10)2-6/h1-2H2. The Bertz CT molecular complexity index is 235. The van der Waals surface area contributed by atoms with Gasteiger partial charge in [-0.15, -0.1) is 23.2 Å². The summed E-state index contributed by atoms with van der Waals surface area (Å²) in [4.78, 5) is 0. The zero-order valence-corrected chi connectivity index (χ0v) is 12.9. The summed E-state index contributed by atoms with van der Waals surface area (Å²) in [5, 5.41) is 0. The average Bonchev–Trinajstić information content (AvgIpc) is 2.00. The Morgan fingerprint density at radius 2 is 1.20 bits per heavy atom. The van der Waals surface area contributed by atoms with Crippen LogP contribution < -0.4 is 0 Å².